The molecule has 0 atom stereocenters. The van der Waals surface area contributed by atoms with Gasteiger partial charge in [-0.3, -0.25) is 4.90 Å². The Morgan fingerprint density at radius 3 is 2.86 bits per heavy atom. The summed E-state index contributed by atoms with van der Waals surface area (Å²) in [6, 6.07) is 0. The number of rotatable bonds is 6. The summed E-state index contributed by atoms with van der Waals surface area (Å²) in [5.74, 6) is -0.281. The van der Waals surface area contributed by atoms with Crippen LogP contribution in [0.5, 0.6) is 0 Å². The van der Waals surface area contributed by atoms with Crippen molar-refractivity contribution in [3.05, 3.63) is 16.0 Å². The van der Waals surface area contributed by atoms with Gasteiger partial charge >= 0.3 is 5.97 Å². The molecule has 0 N–H and O–H groups in total. The zero-order valence-electron chi connectivity index (χ0n) is 12.8. The molecule has 2 rings (SSSR count). The van der Waals surface area contributed by atoms with Gasteiger partial charge < -0.3 is 9.47 Å². The van der Waals surface area contributed by atoms with Gasteiger partial charge in [0.2, 0.25) is 0 Å². The largest absolute Gasteiger partial charge is 0.483 e. The Balaban J connectivity index is 2.36. The van der Waals surface area contributed by atoms with Crippen LogP contribution in [0.2, 0.25) is 0 Å². The van der Waals surface area contributed by atoms with E-state index in [-0.39, 0.29) is 5.97 Å². The lowest BCUT2D eigenvalue weighted by Crippen LogP contribution is -2.30. The molecule has 0 spiro atoms. The first-order chi connectivity index (χ1) is 10.2. The Morgan fingerprint density at radius 2 is 2.19 bits per heavy atom. The van der Waals surface area contributed by atoms with Crippen molar-refractivity contribution in [1.29, 1.82) is 0 Å². The molecule has 0 aliphatic carbocycles. The van der Waals surface area contributed by atoms with Crippen LogP contribution in [0.15, 0.2) is 4.99 Å². The van der Waals surface area contributed by atoms with E-state index in [2.05, 4.69) is 16.8 Å². The van der Waals surface area contributed by atoms with Crippen LogP contribution in [0.4, 0.5) is 5.00 Å². The third kappa shape index (κ3) is 3.63. The number of ether oxygens (including phenoxy) is 2. The second-order valence-electron chi connectivity index (χ2n) is 4.71. The molecule has 0 unspecified atom stereocenters. The molecule has 0 saturated heterocycles. The summed E-state index contributed by atoms with van der Waals surface area (Å²) in [5.41, 5.74) is 1.70. The third-order valence-corrected chi connectivity index (χ3v) is 4.65. The van der Waals surface area contributed by atoms with E-state index < -0.39 is 0 Å². The van der Waals surface area contributed by atoms with Crippen LogP contribution in [0.1, 0.15) is 41.6 Å². The van der Waals surface area contributed by atoms with Crippen molar-refractivity contribution in [2.24, 2.45) is 4.99 Å². The smallest absolute Gasteiger partial charge is 0.341 e. The standard InChI is InChI=1S/C15H22N2O3S/c1-4-17-8-7-12-11(9-17)13(15(18)20-6-3)14(21-12)16-10-19-5-2/h10H,4-9H2,1-3H3. The minimum Gasteiger partial charge on any atom is -0.483 e. The lowest BCUT2D eigenvalue weighted by molar-refractivity contribution is 0.0525. The van der Waals surface area contributed by atoms with E-state index >= 15 is 0 Å². The molecule has 0 aromatic carbocycles. The van der Waals surface area contributed by atoms with E-state index in [0.717, 1.165) is 31.6 Å². The van der Waals surface area contributed by atoms with E-state index in [9.17, 15) is 4.79 Å². The predicted molar refractivity (Wildman–Crippen MR) is 84.7 cm³/mol. The summed E-state index contributed by atoms with van der Waals surface area (Å²) in [6.45, 7) is 9.59. The molecule has 21 heavy (non-hydrogen) atoms. The summed E-state index contributed by atoms with van der Waals surface area (Å²) >= 11 is 1.57. The highest BCUT2D eigenvalue weighted by Gasteiger charge is 2.28. The maximum absolute atomic E-state index is 12.3. The summed E-state index contributed by atoms with van der Waals surface area (Å²) in [5, 5.41) is 0.699. The van der Waals surface area contributed by atoms with Crippen LogP contribution >= 0.6 is 11.3 Å². The Labute approximate surface area is 129 Å². The fourth-order valence-electron chi connectivity index (χ4n) is 2.36. The van der Waals surface area contributed by atoms with E-state index in [4.69, 9.17) is 9.47 Å². The number of carbonyl (C=O) groups excluding carboxylic acids is 1. The number of hydrogen-bond acceptors (Lipinski definition) is 6. The second-order valence-corrected chi connectivity index (χ2v) is 5.80. The van der Waals surface area contributed by atoms with Crippen molar-refractivity contribution in [3.8, 4) is 0 Å². The molecule has 1 aromatic heterocycles. The van der Waals surface area contributed by atoms with Gasteiger partial charge in [-0.2, -0.15) is 0 Å². The molecule has 5 nitrogen and oxygen atoms in total. The number of hydrogen-bond donors (Lipinski definition) is 0. The number of aliphatic imine (C=N–C) groups is 1. The molecular weight excluding hydrogens is 288 g/mol. The van der Waals surface area contributed by atoms with Crippen molar-refractivity contribution >= 4 is 28.7 Å². The maximum atomic E-state index is 12.3. The third-order valence-electron chi connectivity index (χ3n) is 3.45. The molecule has 2 heterocycles. The SMILES string of the molecule is CCOC=Nc1sc2c(c1C(=O)OCC)CN(CC)CC2. The minimum atomic E-state index is -0.281. The van der Waals surface area contributed by atoms with Crippen LogP contribution < -0.4 is 0 Å². The van der Waals surface area contributed by atoms with Crippen molar-refractivity contribution in [2.75, 3.05) is 26.3 Å². The number of esters is 1. The molecule has 0 fully saturated rings. The van der Waals surface area contributed by atoms with Gasteiger partial charge in [-0.25, -0.2) is 9.79 Å². The molecule has 0 radical (unpaired) electrons. The first-order valence-electron chi connectivity index (χ1n) is 7.39. The normalized spacial score (nSPS) is 15.2. The summed E-state index contributed by atoms with van der Waals surface area (Å²) in [4.78, 5) is 20.2. The van der Waals surface area contributed by atoms with Gasteiger partial charge in [0.15, 0.2) is 6.40 Å². The van der Waals surface area contributed by atoms with Gasteiger partial charge in [-0.15, -0.1) is 11.3 Å². The fourth-order valence-corrected chi connectivity index (χ4v) is 3.48. The molecule has 0 amide bonds. The number of nitrogens with zero attached hydrogens (tertiary/aromatic N) is 2. The van der Waals surface area contributed by atoms with Crippen LogP contribution in [0.3, 0.4) is 0 Å². The first-order valence-corrected chi connectivity index (χ1v) is 8.20. The lowest BCUT2D eigenvalue weighted by atomic mass is 10.0. The Bertz CT molecular complexity index is 525. The van der Waals surface area contributed by atoms with Crippen molar-refractivity contribution in [1.82, 2.24) is 4.90 Å². The van der Waals surface area contributed by atoms with Crippen LogP contribution in [-0.4, -0.2) is 43.6 Å². The average molecular weight is 310 g/mol. The number of carbonyl (C=O) groups is 1. The fraction of sp³-hybridized carbons (Fsp3) is 0.600. The highest BCUT2D eigenvalue weighted by Crippen LogP contribution is 2.39. The van der Waals surface area contributed by atoms with E-state index in [1.54, 1.807) is 11.3 Å². The van der Waals surface area contributed by atoms with E-state index in [1.807, 2.05) is 13.8 Å². The van der Waals surface area contributed by atoms with Gasteiger partial charge in [-0.1, -0.05) is 6.92 Å². The predicted octanol–water partition coefficient (Wildman–Crippen LogP) is 3.00. The zero-order chi connectivity index (χ0) is 15.2. The molecule has 1 aromatic rings. The summed E-state index contributed by atoms with van der Waals surface area (Å²) in [6.07, 6.45) is 2.38. The summed E-state index contributed by atoms with van der Waals surface area (Å²) < 4.78 is 10.4. The van der Waals surface area contributed by atoms with Gasteiger partial charge in [-0.05, 0) is 32.4 Å². The molecule has 116 valence electrons. The lowest BCUT2D eigenvalue weighted by Gasteiger charge is -2.25. The van der Waals surface area contributed by atoms with Gasteiger partial charge in [0.25, 0.3) is 0 Å². The molecule has 0 saturated carbocycles. The Kier molecular flexibility index (Phi) is 5.76. The number of thiophene rings is 1. The number of likely N-dealkylation sites (N-methyl/N-ethyl adjacent to an activating group) is 1. The van der Waals surface area contributed by atoms with Crippen molar-refractivity contribution < 1.29 is 14.3 Å². The first kappa shape index (κ1) is 16.0. The molecule has 1 aliphatic heterocycles. The van der Waals surface area contributed by atoms with E-state index in [1.165, 1.54) is 11.3 Å². The average Bonchev–Trinajstić information content (AvgIpc) is 2.85. The molecule has 0 bridgehead atoms. The Hall–Kier alpha value is -1.40. The monoisotopic (exact) mass is 310 g/mol. The molecular formula is C15H22N2O3S. The van der Waals surface area contributed by atoms with Crippen molar-refractivity contribution in [2.45, 2.75) is 33.7 Å². The maximum Gasteiger partial charge on any atom is 0.341 e. The highest BCUT2D eigenvalue weighted by atomic mass is 32.1. The van der Waals surface area contributed by atoms with Gasteiger partial charge in [0, 0.05) is 18.0 Å². The summed E-state index contributed by atoms with van der Waals surface area (Å²) in [7, 11) is 0. The quantitative estimate of drug-likeness (QED) is 0.460. The molecule has 1 aliphatic rings. The topological polar surface area (TPSA) is 51.1 Å². The van der Waals surface area contributed by atoms with E-state index in [0.29, 0.717) is 23.8 Å². The van der Waals surface area contributed by atoms with Crippen LogP contribution in [0.25, 0.3) is 0 Å². The highest BCUT2D eigenvalue weighted by molar-refractivity contribution is 7.16. The van der Waals surface area contributed by atoms with Crippen LogP contribution in [-0.2, 0) is 22.4 Å². The number of fused-ring (bicyclic) bond motifs is 1. The second kappa shape index (κ2) is 7.56. The van der Waals surface area contributed by atoms with Crippen LogP contribution in [0, 0.1) is 0 Å². The van der Waals surface area contributed by atoms with Gasteiger partial charge in [0.05, 0.1) is 13.2 Å². The molecule has 6 heteroatoms. The minimum absolute atomic E-state index is 0.281. The zero-order valence-corrected chi connectivity index (χ0v) is 13.7. The van der Waals surface area contributed by atoms with Crippen molar-refractivity contribution in [3.63, 3.8) is 0 Å². The Morgan fingerprint density at radius 1 is 1.38 bits per heavy atom. The van der Waals surface area contributed by atoms with Gasteiger partial charge in [0.1, 0.15) is 10.6 Å².